The van der Waals surface area contributed by atoms with Crippen LogP contribution in [0.2, 0.25) is 0 Å². The molecule has 0 unspecified atom stereocenters. The number of nitrogens with zero attached hydrogens (tertiary/aromatic N) is 1. The lowest BCUT2D eigenvalue weighted by atomic mass is 9.88. The van der Waals surface area contributed by atoms with Crippen LogP contribution < -0.4 is 10.1 Å². The molecule has 0 aliphatic carbocycles. The maximum Gasteiger partial charge on any atom is 0.126 e. The Morgan fingerprint density at radius 1 is 1.42 bits per heavy atom. The molecule has 102 valence electrons. The van der Waals surface area contributed by atoms with Gasteiger partial charge in [0.05, 0.1) is 26.4 Å². The number of benzene rings is 1. The van der Waals surface area contributed by atoms with Gasteiger partial charge in [-0.2, -0.15) is 5.26 Å². The van der Waals surface area contributed by atoms with Gasteiger partial charge in [0.2, 0.25) is 0 Å². The van der Waals surface area contributed by atoms with Gasteiger partial charge in [-0.15, -0.1) is 0 Å². The van der Waals surface area contributed by atoms with E-state index in [0.717, 1.165) is 16.9 Å². The third-order valence-electron chi connectivity index (χ3n) is 3.47. The minimum atomic E-state index is -0.341. The van der Waals surface area contributed by atoms with Crippen molar-refractivity contribution in [2.24, 2.45) is 5.41 Å². The van der Waals surface area contributed by atoms with Gasteiger partial charge >= 0.3 is 0 Å². The molecule has 1 aliphatic rings. The van der Waals surface area contributed by atoms with Gasteiger partial charge < -0.3 is 14.8 Å². The van der Waals surface area contributed by atoms with E-state index in [-0.39, 0.29) is 5.41 Å². The summed E-state index contributed by atoms with van der Waals surface area (Å²) in [5.74, 6) is 0.925. The van der Waals surface area contributed by atoms with Crippen molar-refractivity contribution in [3.63, 3.8) is 0 Å². The Morgan fingerprint density at radius 2 is 2.16 bits per heavy atom. The number of nitriles is 1. The number of aryl methyl sites for hydroxylation is 2. The average Bonchev–Trinajstić information content (AvgIpc) is 2.32. The van der Waals surface area contributed by atoms with Crippen LogP contribution in [0.15, 0.2) is 12.1 Å². The minimum Gasteiger partial charge on any atom is -0.496 e. The van der Waals surface area contributed by atoms with Gasteiger partial charge in [0, 0.05) is 18.7 Å². The third-order valence-corrected chi connectivity index (χ3v) is 3.47. The van der Waals surface area contributed by atoms with Crippen LogP contribution in [0, 0.1) is 30.6 Å². The first kappa shape index (κ1) is 13.9. The standard InChI is InChI=1S/C15H20N2O2/c1-11-4-12(2)14(18-3)13(5-11)6-17-8-15(7-16)9-19-10-15/h4-5,17H,6,8-10H2,1-3H3. The number of hydrogen-bond acceptors (Lipinski definition) is 4. The number of nitrogens with one attached hydrogen (secondary N) is 1. The second-order valence-corrected chi connectivity index (χ2v) is 5.26. The van der Waals surface area contributed by atoms with E-state index in [1.165, 1.54) is 5.56 Å². The molecule has 1 saturated heterocycles. The van der Waals surface area contributed by atoms with E-state index >= 15 is 0 Å². The Balaban J connectivity index is 2.01. The van der Waals surface area contributed by atoms with Crippen molar-refractivity contribution < 1.29 is 9.47 Å². The summed E-state index contributed by atoms with van der Waals surface area (Å²) in [7, 11) is 1.69. The highest BCUT2D eigenvalue weighted by atomic mass is 16.5. The fraction of sp³-hybridized carbons (Fsp3) is 0.533. The first-order valence-electron chi connectivity index (χ1n) is 6.44. The molecule has 1 fully saturated rings. The van der Waals surface area contributed by atoms with Gasteiger partial charge in [0.25, 0.3) is 0 Å². The number of rotatable bonds is 5. The first-order chi connectivity index (χ1) is 9.10. The van der Waals surface area contributed by atoms with Gasteiger partial charge in [-0.25, -0.2) is 0 Å². The molecule has 1 heterocycles. The maximum absolute atomic E-state index is 9.13. The second-order valence-electron chi connectivity index (χ2n) is 5.26. The van der Waals surface area contributed by atoms with E-state index in [9.17, 15) is 0 Å². The number of ether oxygens (including phenoxy) is 2. The summed E-state index contributed by atoms with van der Waals surface area (Å²) in [6, 6.07) is 6.56. The van der Waals surface area contributed by atoms with Gasteiger partial charge in [-0.3, -0.25) is 0 Å². The first-order valence-corrected chi connectivity index (χ1v) is 6.44. The fourth-order valence-electron chi connectivity index (χ4n) is 2.46. The molecular weight excluding hydrogens is 240 g/mol. The Morgan fingerprint density at radius 3 is 2.68 bits per heavy atom. The van der Waals surface area contributed by atoms with E-state index in [4.69, 9.17) is 14.7 Å². The number of methoxy groups -OCH3 is 1. The smallest absolute Gasteiger partial charge is 0.126 e. The number of hydrogen-bond donors (Lipinski definition) is 1. The molecule has 1 aromatic rings. The van der Waals surface area contributed by atoms with E-state index in [2.05, 4.69) is 30.4 Å². The second kappa shape index (κ2) is 5.60. The predicted molar refractivity (Wildman–Crippen MR) is 73.0 cm³/mol. The fourth-order valence-corrected chi connectivity index (χ4v) is 2.46. The lowest BCUT2D eigenvalue weighted by molar-refractivity contribution is -0.0755. The molecule has 4 nitrogen and oxygen atoms in total. The molecule has 0 radical (unpaired) electrons. The highest BCUT2D eigenvalue weighted by Gasteiger charge is 2.38. The van der Waals surface area contributed by atoms with E-state index in [0.29, 0.717) is 26.3 Å². The molecule has 0 amide bonds. The molecule has 1 N–H and O–H groups in total. The summed E-state index contributed by atoms with van der Waals surface area (Å²) in [4.78, 5) is 0. The van der Waals surface area contributed by atoms with Crippen molar-refractivity contribution in [3.8, 4) is 11.8 Å². The molecular formula is C15H20N2O2. The molecule has 0 bridgehead atoms. The monoisotopic (exact) mass is 260 g/mol. The molecule has 2 rings (SSSR count). The Labute approximate surface area is 114 Å². The summed E-state index contributed by atoms with van der Waals surface area (Å²) in [5.41, 5.74) is 3.15. The van der Waals surface area contributed by atoms with Crippen molar-refractivity contribution in [1.29, 1.82) is 5.26 Å². The van der Waals surface area contributed by atoms with Crippen LogP contribution in [0.4, 0.5) is 0 Å². The highest BCUT2D eigenvalue weighted by Crippen LogP contribution is 2.27. The van der Waals surface area contributed by atoms with E-state index in [1.807, 2.05) is 6.92 Å². The summed E-state index contributed by atoms with van der Waals surface area (Å²) in [6.45, 7) is 6.54. The molecule has 0 saturated carbocycles. The molecule has 1 aromatic carbocycles. The quantitative estimate of drug-likeness (QED) is 0.879. The van der Waals surface area contributed by atoms with E-state index in [1.54, 1.807) is 7.11 Å². The Hall–Kier alpha value is -1.57. The van der Waals surface area contributed by atoms with Crippen molar-refractivity contribution in [2.75, 3.05) is 26.9 Å². The van der Waals surface area contributed by atoms with Gasteiger partial charge in [0.15, 0.2) is 0 Å². The maximum atomic E-state index is 9.13. The summed E-state index contributed by atoms with van der Waals surface area (Å²) >= 11 is 0. The largest absolute Gasteiger partial charge is 0.496 e. The molecule has 0 aromatic heterocycles. The van der Waals surface area contributed by atoms with Gasteiger partial charge in [-0.1, -0.05) is 17.7 Å². The zero-order valence-electron chi connectivity index (χ0n) is 11.7. The SMILES string of the molecule is COc1c(C)cc(C)cc1CNCC1(C#N)COC1. The van der Waals surface area contributed by atoms with E-state index < -0.39 is 0 Å². The minimum absolute atomic E-state index is 0.341. The molecule has 19 heavy (non-hydrogen) atoms. The van der Waals surface area contributed by atoms with Gasteiger partial charge in [0.1, 0.15) is 11.2 Å². The lowest BCUT2D eigenvalue weighted by Crippen LogP contribution is -2.48. The zero-order chi connectivity index (χ0) is 13.9. The Kier molecular flexibility index (Phi) is 4.08. The van der Waals surface area contributed by atoms with Crippen LogP contribution in [0.5, 0.6) is 5.75 Å². The molecule has 0 atom stereocenters. The van der Waals surface area contributed by atoms with Crippen LogP contribution in [-0.4, -0.2) is 26.9 Å². The summed E-state index contributed by atoms with van der Waals surface area (Å²) in [5, 5.41) is 12.5. The topological polar surface area (TPSA) is 54.3 Å². The van der Waals surface area contributed by atoms with Crippen LogP contribution >= 0.6 is 0 Å². The van der Waals surface area contributed by atoms with Crippen molar-refractivity contribution in [1.82, 2.24) is 5.32 Å². The van der Waals surface area contributed by atoms with Crippen LogP contribution in [0.25, 0.3) is 0 Å². The van der Waals surface area contributed by atoms with Crippen LogP contribution in [-0.2, 0) is 11.3 Å². The third kappa shape index (κ3) is 2.89. The normalized spacial score (nSPS) is 16.5. The summed E-state index contributed by atoms with van der Waals surface area (Å²) < 4.78 is 10.6. The zero-order valence-corrected chi connectivity index (χ0v) is 11.7. The van der Waals surface area contributed by atoms with Crippen molar-refractivity contribution in [2.45, 2.75) is 20.4 Å². The predicted octanol–water partition coefficient (Wildman–Crippen LogP) is 1.94. The van der Waals surface area contributed by atoms with Crippen molar-refractivity contribution >= 4 is 0 Å². The average molecular weight is 260 g/mol. The molecule has 1 aliphatic heterocycles. The summed E-state index contributed by atoms with van der Waals surface area (Å²) in [6.07, 6.45) is 0. The lowest BCUT2D eigenvalue weighted by Gasteiger charge is -2.35. The molecule has 0 spiro atoms. The van der Waals surface area contributed by atoms with Crippen LogP contribution in [0.3, 0.4) is 0 Å². The van der Waals surface area contributed by atoms with Gasteiger partial charge in [-0.05, 0) is 19.4 Å². The van der Waals surface area contributed by atoms with Crippen molar-refractivity contribution in [3.05, 3.63) is 28.8 Å². The Bertz CT molecular complexity index is 502. The van der Waals surface area contributed by atoms with Crippen LogP contribution in [0.1, 0.15) is 16.7 Å². The molecule has 4 heteroatoms. The highest BCUT2D eigenvalue weighted by molar-refractivity contribution is 5.43.